The molecule has 0 amide bonds. The van der Waals surface area contributed by atoms with Crippen molar-refractivity contribution in [3.8, 4) is 0 Å². The summed E-state index contributed by atoms with van der Waals surface area (Å²) in [7, 11) is 3.74. The summed E-state index contributed by atoms with van der Waals surface area (Å²) in [5.74, 6) is -0.458. The van der Waals surface area contributed by atoms with Crippen LogP contribution in [0.25, 0.3) is 0 Å². The molecule has 2 rings (SSSR count). The molecule has 1 unspecified atom stereocenters. The van der Waals surface area contributed by atoms with Crippen molar-refractivity contribution in [3.05, 3.63) is 65.7 Å². The summed E-state index contributed by atoms with van der Waals surface area (Å²) in [4.78, 5) is 1.89. The number of nitrogens with one attached hydrogen (secondary N) is 1. The Morgan fingerprint density at radius 3 is 2.33 bits per heavy atom. The number of hydrogen-bond acceptors (Lipinski definition) is 2. The number of para-hydroxylation sites is 1. The Morgan fingerprint density at radius 1 is 1.05 bits per heavy atom. The normalized spacial score (nSPS) is 12.2. The lowest BCUT2D eigenvalue weighted by Crippen LogP contribution is -2.25. The molecule has 0 bridgehead atoms. The fraction of sp³-hybridized carbons (Fsp3) is 0.294. The highest BCUT2D eigenvalue weighted by molar-refractivity contribution is 5.46. The second kappa shape index (κ2) is 7.18. The van der Waals surface area contributed by atoms with Crippen molar-refractivity contribution >= 4 is 5.69 Å². The van der Waals surface area contributed by atoms with Gasteiger partial charge < -0.3 is 10.2 Å². The van der Waals surface area contributed by atoms with Gasteiger partial charge in [-0.2, -0.15) is 0 Å². The average molecular weight is 290 g/mol. The minimum atomic E-state index is -0.239. The molecule has 0 aliphatic carbocycles. The van der Waals surface area contributed by atoms with E-state index < -0.39 is 0 Å². The van der Waals surface area contributed by atoms with Gasteiger partial charge in [0, 0.05) is 19.6 Å². The van der Waals surface area contributed by atoms with Crippen molar-refractivity contribution in [2.45, 2.75) is 12.5 Å². The van der Waals surface area contributed by atoms with Gasteiger partial charge in [-0.3, -0.25) is 0 Å². The van der Waals surface area contributed by atoms with Crippen molar-refractivity contribution in [1.29, 1.82) is 0 Å². The van der Waals surface area contributed by atoms with Gasteiger partial charge in [-0.25, -0.2) is 8.78 Å². The summed E-state index contributed by atoms with van der Waals surface area (Å²) in [5.41, 5.74) is 1.62. The summed E-state index contributed by atoms with van der Waals surface area (Å²) >= 11 is 0. The highest BCUT2D eigenvalue weighted by atomic mass is 19.1. The average Bonchev–Trinajstić information content (AvgIpc) is 2.49. The third-order valence-corrected chi connectivity index (χ3v) is 3.64. The fourth-order valence-electron chi connectivity index (χ4n) is 2.38. The minimum absolute atomic E-state index is 0.111. The van der Waals surface area contributed by atoms with Crippen LogP contribution in [0, 0.1) is 11.6 Å². The molecule has 2 aromatic carbocycles. The predicted octanol–water partition coefficient (Wildman–Crippen LogP) is 3.75. The van der Waals surface area contributed by atoms with Crippen LogP contribution in [0.3, 0.4) is 0 Å². The maximum atomic E-state index is 13.7. The molecule has 1 N–H and O–H groups in total. The van der Waals surface area contributed by atoms with E-state index in [4.69, 9.17) is 0 Å². The van der Waals surface area contributed by atoms with Gasteiger partial charge in [0.05, 0.1) is 5.69 Å². The van der Waals surface area contributed by atoms with E-state index in [1.54, 1.807) is 24.3 Å². The topological polar surface area (TPSA) is 15.3 Å². The van der Waals surface area contributed by atoms with Crippen molar-refractivity contribution in [1.82, 2.24) is 5.32 Å². The Balaban J connectivity index is 2.00. The fourth-order valence-corrected chi connectivity index (χ4v) is 2.38. The first-order valence-corrected chi connectivity index (χ1v) is 7.00. The van der Waals surface area contributed by atoms with Crippen molar-refractivity contribution in [3.63, 3.8) is 0 Å². The van der Waals surface area contributed by atoms with E-state index in [-0.39, 0.29) is 17.7 Å². The van der Waals surface area contributed by atoms with Gasteiger partial charge in [0.1, 0.15) is 11.6 Å². The molecule has 0 spiro atoms. The van der Waals surface area contributed by atoms with Gasteiger partial charge in [-0.1, -0.05) is 24.3 Å². The van der Waals surface area contributed by atoms with Crippen LogP contribution in [-0.2, 0) is 0 Å². The summed E-state index contributed by atoms with van der Waals surface area (Å²) in [6.45, 7) is 0.698. The first-order chi connectivity index (χ1) is 10.1. The monoisotopic (exact) mass is 290 g/mol. The third kappa shape index (κ3) is 4.02. The zero-order chi connectivity index (χ0) is 15.2. The van der Waals surface area contributed by atoms with Crippen LogP contribution in [0.4, 0.5) is 14.5 Å². The molecule has 0 saturated carbocycles. The van der Waals surface area contributed by atoms with Crippen LogP contribution in [0.15, 0.2) is 48.5 Å². The van der Waals surface area contributed by atoms with E-state index in [0.29, 0.717) is 12.2 Å². The van der Waals surface area contributed by atoms with Crippen LogP contribution in [0.2, 0.25) is 0 Å². The van der Waals surface area contributed by atoms with Crippen molar-refractivity contribution in [2.24, 2.45) is 0 Å². The molecule has 21 heavy (non-hydrogen) atoms. The van der Waals surface area contributed by atoms with Gasteiger partial charge >= 0.3 is 0 Å². The highest BCUT2D eigenvalue weighted by Crippen LogP contribution is 2.21. The molecule has 4 heteroatoms. The lowest BCUT2D eigenvalue weighted by atomic mass is 10.0. The van der Waals surface area contributed by atoms with E-state index in [2.05, 4.69) is 5.32 Å². The molecular formula is C17H20F2N2. The van der Waals surface area contributed by atoms with E-state index in [9.17, 15) is 8.78 Å². The molecule has 0 radical (unpaired) electrons. The number of halogens is 2. The van der Waals surface area contributed by atoms with Gasteiger partial charge in [0.25, 0.3) is 0 Å². The number of anilines is 1. The molecule has 0 aliphatic rings. The van der Waals surface area contributed by atoms with Crippen LogP contribution in [-0.4, -0.2) is 20.6 Å². The number of benzene rings is 2. The van der Waals surface area contributed by atoms with Crippen LogP contribution >= 0.6 is 0 Å². The third-order valence-electron chi connectivity index (χ3n) is 3.64. The predicted molar refractivity (Wildman–Crippen MR) is 82.5 cm³/mol. The molecule has 0 aromatic heterocycles. The highest BCUT2D eigenvalue weighted by Gasteiger charge is 2.12. The zero-order valence-corrected chi connectivity index (χ0v) is 12.3. The van der Waals surface area contributed by atoms with E-state index >= 15 is 0 Å². The summed E-state index contributed by atoms with van der Waals surface area (Å²) in [6, 6.07) is 13.3. The number of nitrogens with zero attached hydrogens (tertiary/aromatic N) is 1. The maximum Gasteiger partial charge on any atom is 0.146 e. The summed E-state index contributed by atoms with van der Waals surface area (Å²) in [5, 5.41) is 3.22. The Morgan fingerprint density at radius 2 is 1.71 bits per heavy atom. The Kier molecular flexibility index (Phi) is 5.28. The van der Waals surface area contributed by atoms with Crippen LogP contribution in [0.5, 0.6) is 0 Å². The lowest BCUT2D eigenvalue weighted by molar-refractivity contribution is 0.543. The molecule has 2 aromatic rings. The van der Waals surface area contributed by atoms with E-state index in [0.717, 1.165) is 12.0 Å². The molecule has 0 aliphatic heterocycles. The van der Waals surface area contributed by atoms with Gasteiger partial charge in [0.15, 0.2) is 0 Å². The zero-order valence-electron chi connectivity index (χ0n) is 12.3. The Bertz CT molecular complexity index is 569. The van der Waals surface area contributed by atoms with Crippen LogP contribution in [0.1, 0.15) is 18.0 Å². The lowest BCUT2D eigenvalue weighted by Gasteiger charge is -2.23. The van der Waals surface area contributed by atoms with Crippen molar-refractivity contribution < 1.29 is 8.78 Å². The van der Waals surface area contributed by atoms with Crippen molar-refractivity contribution in [2.75, 3.05) is 25.5 Å². The largest absolute Gasteiger partial charge is 0.372 e. The first-order valence-electron chi connectivity index (χ1n) is 7.00. The molecule has 0 saturated heterocycles. The number of hydrogen-bond donors (Lipinski definition) is 1. The molecule has 2 nitrogen and oxygen atoms in total. The van der Waals surface area contributed by atoms with E-state index in [1.807, 2.05) is 25.1 Å². The SMILES string of the molecule is CNC(CCN(C)c1ccccc1F)c1ccc(F)cc1. The van der Waals surface area contributed by atoms with Gasteiger partial charge in [-0.15, -0.1) is 0 Å². The molecule has 0 fully saturated rings. The van der Waals surface area contributed by atoms with Gasteiger partial charge in [-0.05, 0) is 43.3 Å². The summed E-state index contributed by atoms with van der Waals surface area (Å²) < 4.78 is 26.7. The van der Waals surface area contributed by atoms with E-state index in [1.165, 1.54) is 18.2 Å². The van der Waals surface area contributed by atoms with Gasteiger partial charge in [0.2, 0.25) is 0 Å². The number of rotatable bonds is 6. The van der Waals surface area contributed by atoms with Crippen LogP contribution < -0.4 is 10.2 Å². The molecule has 1 atom stereocenters. The molecular weight excluding hydrogens is 270 g/mol. The smallest absolute Gasteiger partial charge is 0.146 e. The minimum Gasteiger partial charge on any atom is -0.372 e. The first kappa shape index (κ1) is 15.4. The molecule has 112 valence electrons. The second-order valence-corrected chi connectivity index (χ2v) is 5.05. The molecule has 0 heterocycles. The standard InChI is InChI=1S/C17H20F2N2/c1-20-16(13-7-9-14(18)10-8-13)11-12-21(2)17-6-4-3-5-15(17)19/h3-10,16,20H,11-12H2,1-2H3. The Labute approximate surface area is 124 Å². The Hall–Kier alpha value is -1.94. The summed E-state index contributed by atoms with van der Waals surface area (Å²) in [6.07, 6.45) is 0.799. The quantitative estimate of drug-likeness (QED) is 0.871. The maximum absolute atomic E-state index is 13.7. The second-order valence-electron chi connectivity index (χ2n) is 5.05.